The minimum absolute atomic E-state index is 0.000162. The molecule has 3 rings (SSSR count). The normalized spacial score (nSPS) is 18.5. The Bertz CT molecular complexity index is 778. The Kier molecular flexibility index (Phi) is 5.82. The topological polar surface area (TPSA) is 32.3 Å². The summed E-state index contributed by atoms with van der Waals surface area (Å²) in [5.74, 6) is -0.340. The van der Waals surface area contributed by atoms with Crippen molar-refractivity contribution >= 4 is 23.2 Å². The summed E-state index contributed by atoms with van der Waals surface area (Å²) in [5, 5.41) is 3.12. The van der Waals surface area contributed by atoms with Crippen LogP contribution in [0.25, 0.3) is 0 Å². The molecule has 1 N–H and O–H groups in total. The van der Waals surface area contributed by atoms with Crippen molar-refractivity contribution in [2.24, 2.45) is 5.92 Å². The molecule has 1 saturated heterocycles. The number of carbonyl (C=O) groups is 1. The van der Waals surface area contributed by atoms with E-state index >= 15 is 0 Å². The molecule has 1 fully saturated rings. The number of piperidine rings is 1. The molecule has 0 saturated carbocycles. The summed E-state index contributed by atoms with van der Waals surface area (Å²) in [5.41, 5.74) is 2.20. The smallest absolute Gasteiger partial charge is 0.254 e. The fourth-order valence-electron chi connectivity index (χ4n) is 3.43. The minimum Gasteiger partial charge on any atom is -0.371 e. The maximum atomic E-state index is 13.9. The van der Waals surface area contributed by atoms with Gasteiger partial charge in [0, 0.05) is 23.8 Å². The lowest BCUT2D eigenvalue weighted by Crippen LogP contribution is -2.34. The van der Waals surface area contributed by atoms with Gasteiger partial charge in [0.25, 0.3) is 5.91 Å². The number of carbonyl (C=O) groups excluding carboxylic acids is 1. The summed E-state index contributed by atoms with van der Waals surface area (Å²) in [6.45, 7) is 6.35. The number of amides is 1. The lowest BCUT2D eigenvalue weighted by Gasteiger charge is -2.33. The number of rotatable bonds is 4. The second-order valence-corrected chi connectivity index (χ2v) is 7.54. The highest BCUT2D eigenvalue weighted by atomic mass is 35.5. The van der Waals surface area contributed by atoms with Gasteiger partial charge in [-0.05, 0) is 61.6 Å². The van der Waals surface area contributed by atoms with Crippen LogP contribution in [0.1, 0.15) is 48.7 Å². The zero-order chi connectivity index (χ0) is 18.7. The van der Waals surface area contributed by atoms with Crippen LogP contribution in [-0.2, 0) is 0 Å². The third-order valence-corrected chi connectivity index (χ3v) is 5.17. The standard InChI is InChI=1S/C21H24ClFN2O/c1-14-4-3-11-25(13-14)18-8-5-16(6-9-18)15(2)24-21(26)19-10-7-17(22)12-20(19)23/h5-10,12,14-15H,3-4,11,13H2,1-2H3,(H,24,26)/t14-,15-/m1/s1. The van der Waals surface area contributed by atoms with Crippen LogP contribution in [0.4, 0.5) is 10.1 Å². The molecule has 2 aromatic carbocycles. The zero-order valence-corrected chi connectivity index (χ0v) is 15.9. The van der Waals surface area contributed by atoms with Gasteiger partial charge in [0.15, 0.2) is 0 Å². The maximum Gasteiger partial charge on any atom is 0.254 e. The second-order valence-electron chi connectivity index (χ2n) is 7.10. The van der Waals surface area contributed by atoms with Crippen LogP contribution in [0.2, 0.25) is 5.02 Å². The molecule has 1 amide bonds. The number of nitrogens with zero attached hydrogens (tertiary/aromatic N) is 1. The van der Waals surface area contributed by atoms with Crippen LogP contribution < -0.4 is 10.2 Å². The molecule has 1 aliphatic rings. The predicted octanol–water partition coefficient (Wildman–Crippen LogP) is 5.21. The summed E-state index contributed by atoms with van der Waals surface area (Å²) in [6.07, 6.45) is 2.51. The van der Waals surface area contributed by atoms with Crippen LogP contribution in [0.3, 0.4) is 0 Å². The number of hydrogen-bond donors (Lipinski definition) is 1. The van der Waals surface area contributed by atoms with Gasteiger partial charge in [-0.1, -0.05) is 30.7 Å². The van der Waals surface area contributed by atoms with Crippen molar-refractivity contribution in [1.29, 1.82) is 0 Å². The molecular formula is C21H24ClFN2O. The summed E-state index contributed by atoms with van der Waals surface area (Å²) >= 11 is 5.74. The average molecular weight is 375 g/mol. The highest BCUT2D eigenvalue weighted by Gasteiger charge is 2.18. The van der Waals surface area contributed by atoms with Gasteiger partial charge < -0.3 is 10.2 Å². The van der Waals surface area contributed by atoms with Gasteiger partial charge in [-0.3, -0.25) is 4.79 Å². The van der Waals surface area contributed by atoms with Crippen LogP contribution in [0.5, 0.6) is 0 Å². The number of nitrogens with one attached hydrogen (secondary N) is 1. The van der Waals surface area contributed by atoms with Gasteiger partial charge in [0.05, 0.1) is 11.6 Å². The van der Waals surface area contributed by atoms with Crippen LogP contribution in [-0.4, -0.2) is 19.0 Å². The van der Waals surface area contributed by atoms with Gasteiger partial charge in [0.2, 0.25) is 0 Å². The minimum atomic E-state index is -0.614. The molecular weight excluding hydrogens is 351 g/mol. The number of anilines is 1. The lowest BCUT2D eigenvalue weighted by molar-refractivity contribution is 0.0936. The molecule has 0 aromatic heterocycles. The number of hydrogen-bond acceptors (Lipinski definition) is 2. The Morgan fingerprint density at radius 1 is 1.27 bits per heavy atom. The van der Waals surface area contributed by atoms with E-state index in [2.05, 4.69) is 29.3 Å². The first-order valence-electron chi connectivity index (χ1n) is 9.05. The van der Waals surface area contributed by atoms with Crippen molar-refractivity contribution in [2.45, 2.75) is 32.7 Å². The molecule has 1 aliphatic heterocycles. The molecule has 2 aromatic rings. The maximum absolute atomic E-state index is 13.9. The molecule has 0 spiro atoms. The summed E-state index contributed by atoms with van der Waals surface area (Å²) < 4.78 is 13.9. The Balaban J connectivity index is 1.66. The van der Waals surface area contributed by atoms with Crippen molar-refractivity contribution < 1.29 is 9.18 Å². The van der Waals surface area contributed by atoms with Crippen LogP contribution in [0, 0.1) is 11.7 Å². The van der Waals surface area contributed by atoms with Gasteiger partial charge in [-0.15, -0.1) is 0 Å². The highest BCUT2D eigenvalue weighted by Crippen LogP contribution is 2.25. The number of benzene rings is 2. The third kappa shape index (κ3) is 4.36. The van der Waals surface area contributed by atoms with E-state index in [9.17, 15) is 9.18 Å². The molecule has 138 valence electrons. The van der Waals surface area contributed by atoms with Crippen LogP contribution >= 0.6 is 11.6 Å². The van der Waals surface area contributed by atoms with E-state index < -0.39 is 11.7 Å². The lowest BCUT2D eigenvalue weighted by atomic mass is 9.99. The Hall–Kier alpha value is -2.07. The molecule has 0 radical (unpaired) electrons. The van der Waals surface area contributed by atoms with E-state index in [1.165, 1.54) is 30.7 Å². The van der Waals surface area contributed by atoms with Crippen molar-refractivity contribution in [2.75, 3.05) is 18.0 Å². The van der Waals surface area contributed by atoms with E-state index in [1.54, 1.807) is 0 Å². The molecule has 0 unspecified atom stereocenters. The van der Waals surface area contributed by atoms with Gasteiger partial charge in [0.1, 0.15) is 5.82 Å². The average Bonchev–Trinajstić information content (AvgIpc) is 2.61. The van der Waals surface area contributed by atoms with Gasteiger partial charge >= 0.3 is 0 Å². The molecule has 26 heavy (non-hydrogen) atoms. The summed E-state index contributed by atoms with van der Waals surface area (Å²) in [7, 11) is 0. The third-order valence-electron chi connectivity index (χ3n) is 4.94. The van der Waals surface area contributed by atoms with E-state index in [0.29, 0.717) is 0 Å². The second kappa shape index (κ2) is 8.09. The first-order chi connectivity index (χ1) is 12.4. The summed E-state index contributed by atoms with van der Waals surface area (Å²) in [4.78, 5) is 14.7. The summed E-state index contributed by atoms with van der Waals surface area (Å²) in [6, 6.07) is 12.1. The molecule has 5 heteroatoms. The van der Waals surface area contributed by atoms with Crippen molar-refractivity contribution in [3.63, 3.8) is 0 Å². The van der Waals surface area contributed by atoms with E-state index in [4.69, 9.17) is 11.6 Å². The number of halogens is 2. The van der Waals surface area contributed by atoms with E-state index in [-0.39, 0.29) is 16.6 Å². The van der Waals surface area contributed by atoms with Crippen LogP contribution in [0.15, 0.2) is 42.5 Å². The molecule has 0 aliphatic carbocycles. The van der Waals surface area contributed by atoms with Gasteiger partial charge in [-0.2, -0.15) is 0 Å². The van der Waals surface area contributed by atoms with E-state index in [1.807, 2.05) is 19.1 Å². The first kappa shape index (κ1) is 18.7. The Labute approximate surface area is 159 Å². The molecule has 2 atom stereocenters. The zero-order valence-electron chi connectivity index (χ0n) is 15.1. The fourth-order valence-corrected chi connectivity index (χ4v) is 3.59. The van der Waals surface area contributed by atoms with Gasteiger partial charge in [-0.25, -0.2) is 4.39 Å². The molecule has 3 nitrogen and oxygen atoms in total. The van der Waals surface area contributed by atoms with Crippen molar-refractivity contribution in [3.8, 4) is 0 Å². The Morgan fingerprint density at radius 3 is 2.65 bits per heavy atom. The Morgan fingerprint density at radius 2 is 2.00 bits per heavy atom. The van der Waals surface area contributed by atoms with Crippen molar-refractivity contribution in [3.05, 3.63) is 64.4 Å². The monoisotopic (exact) mass is 374 g/mol. The van der Waals surface area contributed by atoms with Crippen molar-refractivity contribution in [1.82, 2.24) is 5.32 Å². The fraction of sp³-hybridized carbons (Fsp3) is 0.381. The first-order valence-corrected chi connectivity index (χ1v) is 9.42. The largest absolute Gasteiger partial charge is 0.371 e. The predicted molar refractivity (Wildman–Crippen MR) is 104 cm³/mol. The quantitative estimate of drug-likeness (QED) is 0.797. The SMILES string of the molecule is C[C@@H]1CCCN(c2ccc([C@@H](C)NC(=O)c3ccc(Cl)cc3F)cc2)C1. The highest BCUT2D eigenvalue weighted by molar-refractivity contribution is 6.30. The molecule has 0 bridgehead atoms. The van der Waals surface area contributed by atoms with E-state index in [0.717, 1.165) is 30.6 Å². The molecule has 1 heterocycles.